The van der Waals surface area contributed by atoms with Gasteiger partial charge in [0.25, 0.3) is 5.56 Å². The van der Waals surface area contributed by atoms with Gasteiger partial charge in [-0.2, -0.15) is 9.78 Å². The molecule has 3 saturated heterocycles. The molecule has 5 fully saturated rings. The molecule has 1 atom stereocenters. The van der Waals surface area contributed by atoms with Crippen LogP contribution in [0.2, 0.25) is 5.02 Å². The minimum absolute atomic E-state index is 0.00215. The summed E-state index contributed by atoms with van der Waals surface area (Å²) < 4.78 is 43.9. The quantitative estimate of drug-likeness (QED) is 0.127. The molecule has 2 amide bonds. The fourth-order valence-electron chi connectivity index (χ4n) is 8.07. The molecule has 5 aliphatic rings. The first kappa shape index (κ1) is 41.6. The lowest BCUT2D eigenvalue weighted by atomic mass is 9.99. The van der Waals surface area contributed by atoms with Crippen LogP contribution in [0.5, 0.6) is 23.3 Å². The second kappa shape index (κ2) is 17.2. The Morgan fingerprint density at radius 3 is 1.74 bits per heavy atom. The minimum atomic E-state index is -1.52. The average molecular weight is 931 g/mol. The molecule has 1 N–H and O–H groups in total. The van der Waals surface area contributed by atoms with E-state index >= 15 is 0 Å². The van der Waals surface area contributed by atoms with Gasteiger partial charge in [0.1, 0.15) is 29.7 Å². The molecule has 18 heteroatoms. The number of pyridine rings is 2. The summed E-state index contributed by atoms with van der Waals surface area (Å²) in [6.45, 7) is 2.70. The monoisotopic (exact) mass is 929 g/mol. The van der Waals surface area contributed by atoms with Gasteiger partial charge in [-0.25, -0.2) is 23.9 Å². The lowest BCUT2D eigenvalue weighted by Gasteiger charge is -2.29. The largest absolute Gasteiger partial charge is 0.448 e. The molecule has 3 aliphatic heterocycles. The number of rotatable bonds is 12. The number of carbonyl (C=O) groups excluding carboxylic acids is 2. The molecule has 2 aliphatic carbocycles. The van der Waals surface area contributed by atoms with Crippen molar-refractivity contribution in [2.24, 2.45) is 0 Å². The highest BCUT2D eigenvalue weighted by Gasteiger charge is 2.54. The van der Waals surface area contributed by atoms with Crippen molar-refractivity contribution in [1.82, 2.24) is 29.5 Å². The summed E-state index contributed by atoms with van der Waals surface area (Å²) in [5.41, 5.74) is 0.295. The van der Waals surface area contributed by atoms with E-state index in [2.05, 4.69) is 36.3 Å². The number of ether oxygens (including phenoxy) is 5. The Hall–Kier alpha value is -5.78. The average Bonchev–Trinajstić information content (AvgIpc) is 4.19. The van der Waals surface area contributed by atoms with Crippen molar-refractivity contribution in [3.05, 3.63) is 122 Å². The van der Waals surface area contributed by atoms with Gasteiger partial charge in [0.2, 0.25) is 11.8 Å². The van der Waals surface area contributed by atoms with E-state index in [-0.39, 0.29) is 47.1 Å². The number of halogens is 3. The Morgan fingerprint density at radius 2 is 1.29 bits per heavy atom. The number of anilines is 1. The fraction of sp³-hybridized carbons (Fsp3) is 0.364. The summed E-state index contributed by atoms with van der Waals surface area (Å²) in [6.07, 6.45) is 8.87. The van der Waals surface area contributed by atoms with Gasteiger partial charge in [-0.1, -0.05) is 35.9 Å². The Balaban J connectivity index is 0.000000181. The zero-order chi connectivity index (χ0) is 42.9. The molecule has 0 radical (unpaired) electrons. The lowest BCUT2D eigenvalue weighted by Crippen LogP contribution is -2.40. The third-order valence-corrected chi connectivity index (χ3v) is 12.5. The lowest BCUT2D eigenvalue weighted by molar-refractivity contribution is -0.0234. The summed E-state index contributed by atoms with van der Waals surface area (Å²) >= 11 is 9.63. The minimum Gasteiger partial charge on any atom is -0.448 e. The van der Waals surface area contributed by atoms with Crippen LogP contribution in [0.25, 0.3) is 5.69 Å². The van der Waals surface area contributed by atoms with E-state index in [0.29, 0.717) is 68.9 Å². The van der Waals surface area contributed by atoms with Gasteiger partial charge in [-0.15, -0.1) is 0 Å². The number of hydrogen-bond acceptors (Lipinski definition) is 12. The molecule has 2 aromatic carbocycles. The third-order valence-electron chi connectivity index (χ3n) is 11.7. The smallest absolute Gasteiger partial charge is 0.410 e. The molecule has 6 heterocycles. The molecule has 5 aromatic rings. The number of carbonyl (C=O) groups is 2. The van der Waals surface area contributed by atoms with Crippen molar-refractivity contribution in [3.8, 4) is 28.9 Å². The Kier molecular flexibility index (Phi) is 11.5. The highest BCUT2D eigenvalue weighted by Crippen LogP contribution is 2.53. The van der Waals surface area contributed by atoms with E-state index in [0.717, 1.165) is 51.7 Å². The van der Waals surface area contributed by atoms with E-state index in [1.54, 1.807) is 29.3 Å². The molecule has 10 rings (SSSR count). The first-order valence-electron chi connectivity index (χ1n) is 20.4. The van der Waals surface area contributed by atoms with Crippen LogP contribution in [0.3, 0.4) is 0 Å². The fourth-order valence-corrected chi connectivity index (χ4v) is 8.50. The molecule has 3 aromatic heterocycles. The first-order valence-corrected chi connectivity index (χ1v) is 21.5. The van der Waals surface area contributed by atoms with Crippen LogP contribution in [-0.4, -0.2) is 93.5 Å². The molecular formula is C44H42BrClFN7O8. The maximum absolute atomic E-state index is 14.8. The number of nitrogens with zero attached hydrogens (tertiary/aromatic N) is 6. The normalized spacial score (nSPS) is 20.7. The number of alkyl halides is 1. The number of nitrogens with one attached hydrogen (secondary N) is 1. The number of benzene rings is 2. The zero-order valence-electron chi connectivity index (χ0n) is 33.4. The molecule has 0 bridgehead atoms. The van der Waals surface area contributed by atoms with Crippen LogP contribution in [0.4, 0.5) is 19.7 Å². The summed E-state index contributed by atoms with van der Waals surface area (Å²) in [6, 6.07) is 22.4. The van der Waals surface area contributed by atoms with Crippen LogP contribution in [-0.2, 0) is 25.3 Å². The van der Waals surface area contributed by atoms with E-state index < -0.39 is 11.2 Å². The Morgan fingerprint density at radius 1 is 0.726 bits per heavy atom. The summed E-state index contributed by atoms with van der Waals surface area (Å²) in [7, 11) is 0. The van der Waals surface area contributed by atoms with Crippen molar-refractivity contribution in [2.45, 2.75) is 55.3 Å². The van der Waals surface area contributed by atoms with Crippen LogP contribution in [0.15, 0.2) is 101 Å². The van der Waals surface area contributed by atoms with Gasteiger partial charge < -0.3 is 29.0 Å². The summed E-state index contributed by atoms with van der Waals surface area (Å²) in [4.78, 5) is 48.9. The van der Waals surface area contributed by atoms with Crippen molar-refractivity contribution in [3.63, 3.8) is 0 Å². The number of aromatic nitrogens is 4. The van der Waals surface area contributed by atoms with Gasteiger partial charge in [0, 0.05) is 29.4 Å². The second-order valence-corrected chi connectivity index (χ2v) is 17.1. The van der Waals surface area contributed by atoms with E-state index in [1.165, 1.54) is 12.4 Å². The predicted octanol–water partition coefficient (Wildman–Crippen LogP) is 8.52. The van der Waals surface area contributed by atoms with E-state index in [4.69, 9.17) is 35.3 Å². The Bertz CT molecular complexity index is 2480. The molecule has 0 spiro atoms. The number of hydrogen-bond donors (Lipinski definition) is 1. The van der Waals surface area contributed by atoms with Gasteiger partial charge in [0.05, 0.1) is 61.1 Å². The molecular weight excluding hydrogens is 889 g/mol. The summed E-state index contributed by atoms with van der Waals surface area (Å²) in [5, 5.41) is 6.97. The van der Waals surface area contributed by atoms with Crippen LogP contribution >= 0.6 is 27.5 Å². The topological polar surface area (TPSA) is 159 Å². The molecule has 62 heavy (non-hydrogen) atoms. The molecule has 2 saturated carbocycles. The standard InChI is InChI=1S/C27H27ClFN5O5.C17H15BrN2O3/c28-23-21(31-16-26(29)8-1-12-37-17-26)15-32-34(24(23)35)19-4-7-22(30-14-19)39-20-5-2-18(3-6-20)27(9-10-27)33-11-13-38-25(33)36;18-13-3-6-15(19-11-13)23-14-4-1-12(2-5-14)17(7-8-17)20-9-10-22-16(20)21/h2-7,14-15,31H,1,8-13,16-17H2;1-6,11H,7-10H2/t26-;/m0./s1. The Labute approximate surface area is 369 Å². The van der Waals surface area contributed by atoms with Crippen molar-refractivity contribution in [1.29, 1.82) is 0 Å². The van der Waals surface area contributed by atoms with Crippen molar-refractivity contribution in [2.75, 3.05) is 51.4 Å². The SMILES string of the molecule is O=C1OCCN1C1(c2ccc(Oc3ccc(-n4ncc(NC[C@@]5(F)CCCOC5)c(Cl)c4=O)cn3)cc2)CC1.O=C1OCCN1C1(c2ccc(Oc3ccc(Br)cn3)cc2)CC1. The van der Waals surface area contributed by atoms with Crippen LogP contribution in [0, 0.1) is 0 Å². The van der Waals surface area contributed by atoms with Gasteiger partial charge in [-0.05, 0) is 102 Å². The van der Waals surface area contributed by atoms with Crippen LogP contribution < -0.4 is 20.3 Å². The van der Waals surface area contributed by atoms with E-state index in [1.807, 2.05) is 59.5 Å². The predicted molar refractivity (Wildman–Crippen MR) is 228 cm³/mol. The number of cyclic esters (lactones) is 2. The second-order valence-electron chi connectivity index (χ2n) is 15.8. The highest BCUT2D eigenvalue weighted by atomic mass is 79.9. The molecule has 0 unspecified atom stereocenters. The highest BCUT2D eigenvalue weighted by molar-refractivity contribution is 9.10. The van der Waals surface area contributed by atoms with E-state index in [9.17, 15) is 18.8 Å². The molecule has 15 nitrogen and oxygen atoms in total. The van der Waals surface area contributed by atoms with Gasteiger partial charge in [0.15, 0.2) is 5.67 Å². The van der Waals surface area contributed by atoms with Crippen molar-refractivity contribution < 1.29 is 37.7 Å². The first-order chi connectivity index (χ1) is 30.0. The van der Waals surface area contributed by atoms with Crippen LogP contribution in [0.1, 0.15) is 49.7 Å². The van der Waals surface area contributed by atoms with Gasteiger partial charge in [-0.3, -0.25) is 14.6 Å². The number of amides is 2. The maximum Gasteiger partial charge on any atom is 0.410 e. The van der Waals surface area contributed by atoms with Crippen molar-refractivity contribution >= 4 is 45.4 Å². The zero-order valence-corrected chi connectivity index (χ0v) is 35.8. The molecule has 322 valence electrons. The summed E-state index contributed by atoms with van der Waals surface area (Å²) in [5.74, 6) is 2.19. The van der Waals surface area contributed by atoms with Gasteiger partial charge >= 0.3 is 12.2 Å². The third kappa shape index (κ3) is 8.65. The maximum atomic E-state index is 14.8.